The van der Waals surface area contributed by atoms with Crippen molar-refractivity contribution in [2.24, 2.45) is 0 Å². The van der Waals surface area contributed by atoms with Crippen molar-refractivity contribution < 1.29 is 131 Å². The quantitative estimate of drug-likeness (QED) is 0.469. The Bertz CT molecular complexity index is 173. The van der Waals surface area contributed by atoms with Crippen LogP contribution in [0, 0.1) is 0 Å². The van der Waals surface area contributed by atoms with Crippen LogP contribution in [0.5, 0.6) is 0 Å². The molecule has 0 saturated carbocycles. The topological polar surface area (TPSA) is 34.7 Å². The predicted molar refractivity (Wildman–Crippen MR) is 70.4 cm³/mol. The van der Waals surface area contributed by atoms with Crippen molar-refractivity contribution in [3.8, 4) is 0 Å². The smallest absolute Gasteiger partial charge is 0.00371 e. The number of nitrogens with zero attached hydrogens (tertiary/aromatic N) is 4. The summed E-state index contributed by atoms with van der Waals surface area (Å²) in [5, 5.41) is 9.15. The molecular formula is C12H26N4Y4-2. The van der Waals surface area contributed by atoms with Gasteiger partial charge in [-0.3, -0.25) is 0 Å². The summed E-state index contributed by atoms with van der Waals surface area (Å²) >= 11 is 0. The average Bonchev–Trinajstić information content (AvgIpc) is 2.22. The van der Waals surface area contributed by atoms with Gasteiger partial charge in [0, 0.05) is 137 Å². The minimum absolute atomic E-state index is 0. The zero-order valence-electron chi connectivity index (χ0n) is 13.3. The summed E-state index contributed by atoms with van der Waals surface area (Å²) in [7, 11) is 2.15. The van der Waals surface area contributed by atoms with E-state index in [-0.39, 0.29) is 131 Å². The van der Waals surface area contributed by atoms with Gasteiger partial charge in [-0.1, -0.05) is 0 Å². The summed E-state index contributed by atoms with van der Waals surface area (Å²) in [6, 6.07) is 0.607. The Morgan fingerprint density at radius 3 is 1.40 bits per heavy atom. The van der Waals surface area contributed by atoms with Crippen molar-refractivity contribution in [1.29, 1.82) is 0 Å². The standard InChI is InChI=1S/C12H26N4.4Y/c1-12(2)16-10-6-13-4-8-15(3)9-5-14-7-11-16;;;;/h12H,4-11H2,1-3H3;;;;/q-2;;;;. The normalized spacial score (nSPS) is 19.2. The number of hydrogen-bond donors (Lipinski definition) is 0. The van der Waals surface area contributed by atoms with Gasteiger partial charge in [-0.15, -0.1) is 26.2 Å². The summed E-state index contributed by atoms with van der Waals surface area (Å²) in [6.07, 6.45) is 0. The molecule has 1 heterocycles. The maximum Gasteiger partial charge on any atom is 0.00371 e. The molecule has 0 aromatic carbocycles. The van der Waals surface area contributed by atoms with Gasteiger partial charge in [-0.25, -0.2) is 0 Å². The molecule has 0 aromatic rings. The third kappa shape index (κ3) is 17.1. The molecule has 0 amide bonds. The van der Waals surface area contributed by atoms with Gasteiger partial charge in [0.15, 0.2) is 0 Å². The zero-order valence-corrected chi connectivity index (χ0v) is 24.7. The van der Waals surface area contributed by atoms with Crippen molar-refractivity contribution in [2.75, 3.05) is 59.4 Å². The molecule has 1 rings (SSSR count). The van der Waals surface area contributed by atoms with E-state index in [0.717, 1.165) is 52.4 Å². The van der Waals surface area contributed by atoms with Gasteiger partial charge in [-0.05, 0) is 47.1 Å². The van der Waals surface area contributed by atoms with Gasteiger partial charge in [0.2, 0.25) is 0 Å². The number of rotatable bonds is 1. The van der Waals surface area contributed by atoms with Gasteiger partial charge >= 0.3 is 0 Å². The van der Waals surface area contributed by atoms with Crippen LogP contribution >= 0.6 is 0 Å². The first-order valence-corrected chi connectivity index (χ1v) is 6.39. The summed E-state index contributed by atoms with van der Waals surface area (Å²) in [5.41, 5.74) is 0. The first-order chi connectivity index (χ1) is 7.70. The van der Waals surface area contributed by atoms with Gasteiger partial charge in [0.1, 0.15) is 0 Å². The van der Waals surface area contributed by atoms with E-state index in [1.165, 1.54) is 0 Å². The van der Waals surface area contributed by atoms with E-state index >= 15 is 0 Å². The molecule has 4 nitrogen and oxygen atoms in total. The fraction of sp³-hybridized carbons (Fsp3) is 1.00. The van der Waals surface area contributed by atoms with Crippen molar-refractivity contribution in [2.45, 2.75) is 19.9 Å². The minimum Gasteiger partial charge on any atom is -0.660 e. The summed E-state index contributed by atoms with van der Waals surface area (Å²) < 4.78 is 0. The van der Waals surface area contributed by atoms with E-state index in [4.69, 9.17) is 0 Å². The zero-order chi connectivity index (χ0) is 11.8. The maximum atomic E-state index is 4.57. The molecular weight excluding hydrogens is 556 g/mol. The third-order valence-electron chi connectivity index (χ3n) is 3.10. The van der Waals surface area contributed by atoms with E-state index in [0.29, 0.717) is 6.04 Å². The first-order valence-electron chi connectivity index (χ1n) is 6.39. The van der Waals surface area contributed by atoms with Crippen molar-refractivity contribution in [3.05, 3.63) is 10.6 Å². The average molecular weight is 582 g/mol. The van der Waals surface area contributed by atoms with Crippen molar-refractivity contribution in [1.82, 2.24) is 9.80 Å². The number of likely N-dealkylation sites (N-methyl/N-ethyl adjacent to an activating group) is 1. The summed E-state index contributed by atoms with van der Waals surface area (Å²) in [6.45, 7) is 12.6. The second-order valence-electron chi connectivity index (χ2n) is 4.77. The molecule has 0 aliphatic carbocycles. The summed E-state index contributed by atoms with van der Waals surface area (Å²) in [4.78, 5) is 4.78. The molecule has 0 unspecified atom stereocenters. The van der Waals surface area contributed by atoms with Gasteiger partial charge in [-0.2, -0.15) is 0 Å². The Labute approximate surface area is 226 Å². The van der Waals surface area contributed by atoms with E-state index in [9.17, 15) is 0 Å². The van der Waals surface area contributed by atoms with Crippen LogP contribution in [-0.4, -0.2) is 75.2 Å². The predicted octanol–water partition coefficient (Wildman–Crippen LogP) is 1.38. The molecule has 0 N–H and O–H groups in total. The fourth-order valence-corrected chi connectivity index (χ4v) is 1.84. The fourth-order valence-electron chi connectivity index (χ4n) is 1.84. The molecule has 1 aliphatic heterocycles. The van der Waals surface area contributed by atoms with Crippen LogP contribution in [0.15, 0.2) is 0 Å². The van der Waals surface area contributed by atoms with Gasteiger partial charge in [0.25, 0.3) is 0 Å². The van der Waals surface area contributed by atoms with Crippen LogP contribution < -0.4 is 0 Å². The Hall–Kier alpha value is 4.26. The summed E-state index contributed by atoms with van der Waals surface area (Å²) in [5.74, 6) is 0. The largest absolute Gasteiger partial charge is 0.660 e. The molecule has 1 fully saturated rings. The Kier molecular flexibility index (Phi) is 34.0. The van der Waals surface area contributed by atoms with Crippen LogP contribution in [0.1, 0.15) is 13.8 Å². The molecule has 1 aliphatic rings. The molecule has 0 atom stereocenters. The van der Waals surface area contributed by atoms with E-state index in [1.807, 2.05) is 0 Å². The monoisotopic (exact) mass is 582 g/mol. The van der Waals surface area contributed by atoms with E-state index in [1.54, 1.807) is 0 Å². The van der Waals surface area contributed by atoms with Crippen LogP contribution in [0.3, 0.4) is 0 Å². The Balaban J connectivity index is -0.000000320. The molecule has 8 heteroatoms. The van der Waals surface area contributed by atoms with E-state index < -0.39 is 0 Å². The number of hydrogen-bond acceptors (Lipinski definition) is 2. The Morgan fingerprint density at radius 1 is 0.700 bits per heavy atom. The first kappa shape index (κ1) is 32.0. The minimum atomic E-state index is 0. The molecule has 0 aromatic heterocycles. The van der Waals surface area contributed by atoms with Crippen LogP contribution in [0.25, 0.3) is 10.6 Å². The van der Waals surface area contributed by atoms with Crippen molar-refractivity contribution in [3.63, 3.8) is 0 Å². The SMILES string of the molecule is CC(C)N1CC[N-]CCN(C)CC[N-]CC1.[Y].[Y].[Y].[Y]. The van der Waals surface area contributed by atoms with Crippen LogP contribution in [-0.2, 0) is 131 Å². The van der Waals surface area contributed by atoms with Crippen molar-refractivity contribution >= 4 is 0 Å². The van der Waals surface area contributed by atoms with E-state index in [2.05, 4.69) is 41.3 Å². The Morgan fingerprint density at radius 2 is 1.05 bits per heavy atom. The molecule has 4 radical (unpaired) electrons. The molecule has 0 bridgehead atoms. The molecule has 0 spiro atoms. The molecule has 108 valence electrons. The van der Waals surface area contributed by atoms with Crippen LogP contribution in [0.2, 0.25) is 0 Å². The van der Waals surface area contributed by atoms with Gasteiger partial charge in [0.05, 0.1) is 0 Å². The maximum absolute atomic E-state index is 4.57. The molecule has 1 saturated heterocycles. The third-order valence-corrected chi connectivity index (χ3v) is 3.10. The second kappa shape index (κ2) is 21.3. The van der Waals surface area contributed by atoms with Gasteiger partial charge < -0.3 is 20.4 Å². The van der Waals surface area contributed by atoms with Crippen LogP contribution in [0.4, 0.5) is 0 Å². The second-order valence-corrected chi connectivity index (χ2v) is 4.77. The molecule has 20 heavy (non-hydrogen) atoms.